The molecule has 0 N–H and O–H groups in total. The highest BCUT2D eigenvalue weighted by molar-refractivity contribution is 7.78. The average Bonchev–Trinajstić information content (AvgIpc) is 2.14. The number of halogens is 4. The van der Waals surface area contributed by atoms with Crippen LogP contribution >= 0.6 is 11.6 Å². The van der Waals surface area contributed by atoms with E-state index in [9.17, 15) is 26.7 Å². The van der Waals surface area contributed by atoms with Crippen LogP contribution in [0.3, 0.4) is 0 Å². The lowest BCUT2D eigenvalue weighted by atomic mass is 10.1. The fourth-order valence-corrected chi connectivity index (χ4v) is 1.89. The number of hydrogen-bond donors (Lipinski definition) is 0. The second-order valence-electron chi connectivity index (χ2n) is 3.09. The van der Waals surface area contributed by atoms with E-state index >= 15 is 0 Å². The highest BCUT2D eigenvalue weighted by Crippen LogP contribution is 2.31. The van der Waals surface area contributed by atoms with Gasteiger partial charge in [0.25, 0.3) is 5.24 Å². The first-order chi connectivity index (χ1) is 7.71. The molecule has 94 valence electrons. The zero-order chi connectivity index (χ0) is 13.2. The summed E-state index contributed by atoms with van der Waals surface area (Å²) in [4.78, 5) is 10.9. The van der Waals surface area contributed by atoms with Crippen molar-refractivity contribution in [2.75, 3.05) is 0 Å². The Labute approximate surface area is 102 Å². The van der Waals surface area contributed by atoms with Crippen molar-refractivity contribution in [3.8, 4) is 0 Å². The molecule has 17 heavy (non-hydrogen) atoms. The van der Waals surface area contributed by atoms with Gasteiger partial charge in [-0.3, -0.25) is 9.00 Å². The normalized spacial score (nSPS) is 13.5. The van der Waals surface area contributed by atoms with Crippen LogP contribution in [0.15, 0.2) is 18.2 Å². The van der Waals surface area contributed by atoms with E-state index in [1.807, 2.05) is 0 Å². The summed E-state index contributed by atoms with van der Waals surface area (Å²) in [5, 5.41) is -1.00. The molecule has 0 aliphatic rings. The van der Waals surface area contributed by atoms with Crippen molar-refractivity contribution in [2.45, 2.75) is 11.9 Å². The fourth-order valence-electron chi connectivity index (χ4n) is 1.21. The van der Waals surface area contributed by atoms with Gasteiger partial charge in [-0.1, -0.05) is 11.1 Å². The van der Waals surface area contributed by atoms with Gasteiger partial charge in [0.05, 0.1) is 5.56 Å². The zero-order valence-electron chi connectivity index (χ0n) is 8.08. The third-order valence-corrected chi connectivity index (χ3v) is 2.67. The van der Waals surface area contributed by atoms with Crippen LogP contribution in [-0.4, -0.2) is 14.0 Å². The number of carbonyl (C=O) groups excluding carboxylic acids is 1. The van der Waals surface area contributed by atoms with Gasteiger partial charge in [-0.2, -0.15) is 13.2 Å². The van der Waals surface area contributed by atoms with Gasteiger partial charge >= 0.3 is 6.18 Å². The van der Waals surface area contributed by atoms with Crippen LogP contribution in [0.4, 0.5) is 13.2 Å². The maximum Gasteiger partial charge on any atom is 0.416 e. The molecule has 1 aromatic rings. The van der Waals surface area contributed by atoms with Crippen LogP contribution in [0.5, 0.6) is 0 Å². The summed E-state index contributed by atoms with van der Waals surface area (Å²) in [5.41, 5.74) is -1.54. The predicted octanol–water partition coefficient (Wildman–Crippen LogP) is 2.46. The third-order valence-electron chi connectivity index (χ3n) is 1.92. The summed E-state index contributed by atoms with van der Waals surface area (Å²) in [7, 11) is 0. The molecule has 1 rings (SSSR count). The molecule has 0 aliphatic heterocycles. The summed E-state index contributed by atoms with van der Waals surface area (Å²) in [6.07, 6.45) is -4.60. The Morgan fingerprint density at radius 3 is 2.41 bits per heavy atom. The van der Waals surface area contributed by atoms with Crippen LogP contribution in [0.2, 0.25) is 0 Å². The van der Waals surface area contributed by atoms with Crippen molar-refractivity contribution in [3.63, 3.8) is 0 Å². The molecule has 0 radical (unpaired) electrons. The quantitative estimate of drug-likeness (QED) is 0.633. The standard InChI is InChI=1S/C9H6ClF3O3S/c10-8(14)7-2-1-6(9(11,12)13)3-5(7)4-17(15)16/h1-3H,4H2,(H,15,16)/p-1. The first kappa shape index (κ1) is 14.1. The second kappa shape index (κ2) is 5.16. The minimum atomic E-state index is -4.60. The second-order valence-corrected chi connectivity index (χ2v) is 4.33. The Balaban J connectivity index is 3.29. The zero-order valence-corrected chi connectivity index (χ0v) is 9.66. The Kier molecular flexibility index (Phi) is 4.29. The molecule has 0 heterocycles. The molecule has 0 aromatic heterocycles. The van der Waals surface area contributed by atoms with E-state index in [4.69, 9.17) is 11.6 Å². The van der Waals surface area contributed by atoms with Crippen molar-refractivity contribution in [1.29, 1.82) is 0 Å². The molecule has 0 bridgehead atoms. The van der Waals surface area contributed by atoms with Crippen LogP contribution in [0.25, 0.3) is 0 Å². The molecule has 0 fully saturated rings. The van der Waals surface area contributed by atoms with Crippen molar-refractivity contribution in [3.05, 3.63) is 34.9 Å². The molecule has 1 unspecified atom stereocenters. The summed E-state index contributed by atoms with van der Waals surface area (Å²) >= 11 is 2.53. The molecule has 0 spiro atoms. The number of rotatable bonds is 3. The molecular weight excluding hydrogens is 281 g/mol. The van der Waals surface area contributed by atoms with Gasteiger partial charge in [-0.15, -0.1) is 0 Å². The lowest BCUT2D eigenvalue weighted by Crippen LogP contribution is -2.09. The average molecular weight is 286 g/mol. The van der Waals surface area contributed by atoms with E-state index in [0.717, 1.165) is 6.07 Å². The summed E-state index contributed by atoms with van der Waals surface area (Å²) in [6.45, 7) is 0. The van der Waals surface area contributed by atoms with Gasteiger partial charge in [-0.05, 0) is 35.4 Å². The van der Waals surface area contributed by atoms with E-state index < -0.39 is 33.8 Å². The van der Waals surface area contributed by atoms with E-state index in [0.29, 0.717) is 12.1 Å². The largest absolute Gasteiger partial charge is 0.772 e. The fraction of sp³-hybridized carbons (Fsp3) is 0.222. The van der Waals surface area contributed by atoms with Gasteiger partial charge in [0.15, 0.2) is 0 Å². The Bertz CT molecular complexity index is 473. The Morgan fingerprint density at radius 2 is 2.00 bits per heavy atom. The van der Waals surface area contributed by atoms with Gasteiger partial charge in [0.1, 0.15) is 0 Å². The molecule has 8 heteroatoms. The van der Waals surface area contributed by atoms with Gasteiger partial charge in [-0.25, -0.2) is 0 Å². The molecule has 0 saturated carbocycles. The van der Waals surface area contributed by atoms with E-state index in [-0.39, 0.29) is 11.1 Å². The lowest BCUT2D eigenvalue weighted by molar-refractivity contribution is -0.137. The molecule has 0 amide bonds. The maximum absolute atomic E-state index is 12.4. The smallest absolute Gasteiger partial charge is 0.416 e. The molecule has 1 atom stereocenters. The van der Waals surface area contributed by atoms with Crippen molar-refractivity contribution in [1.82, 2.24) is 0 Å². The first-order valence-electron chi connectivity index (χ1n) is 4.17. The molecule has 0 aliphatic carbocycles. The van der Waals surface area contributed by atoms with Crippen molar-refractivity contribution >= 4 is 27.9 Å². The van der Waals surface area contributed by atoms with Crippen molar-refractivity contribution < 1.29 is 26.7 Å². The molecule has 3 nitrogen and oxygen atoms in total. The Morgan fingerprint density at radius 1 is 1.41 bits per heavy atom. The van der Waals surface area contributed by atoms with Crippen molar-refractivity contribution in [2.24, 2.45) is 0 Å². The van der Waals surface area contributed by atoms with Gasteiger partial charge in [0, 0.05) is 11.3 Å². The highest BCUT2D eigenvalue weighted by Gasteiger charge is 2.31. The number of carbonyl (C=O) groups is 1. The number of benzene rings is 1. The van der Waals surface area contributed by atoms with Crippen LogP contribution in [0, 0.1) is 0 Å². The van der Waals surface area contributed by atoms with E-state index in [1.165, 1.54) is 0 Å². The monoisotopic (exact) mass is 285 g/mol. The van der Waals surface area contributed by atoms with Crippen LogP contribution in [0.1, 0.15) is 21.5 Å². The molecular formula is C9H5ClF3O3S-. The maximum atomic E-state index is 12.4. The summed E-state index contributed by atoms with van der Waals surface area (Å²) in [6, 6.07) is 2.14. The van der Waals surface area contributed by atoms with Gasteiger partial charge < -0.3 is 4.55 Å². The first-order valence-corrected chi connectivity index (χ1v) is 5.80. The Hall–Kier alpha value is -0.920. The summed E-state index contributed by atoms with van der Waals surface area (Å²) < 4.78 is 58.0. The van der Waals surface area contributed by atoms with E-state index in [1.54, 1.807) is 0 Å². The SMILES string of the molecule is O=C(Cl)c1ccc(C(F)(F)F)cc1CS(=O)[O-]. The van der Waals surface area contributed by atoms with E-state index in [2.05, 4.69) is 0 Å². The molecule has 0 saturated heterocycles. The van der Waals surface area contributed by atoms with Gasteiger partial charge in [0.2, 0.25) is 0 Å². The lowest BCUT2D eigenvalue weighted by Gasteiger charge is -2.12. The van der Waals surface area contributed by atoms with Crippen LogP contribution < -0.4 is 0 Å². The predicted molar refractivity (Wildman–Crippen MR) is 54.3 cm³/mol. The topological polar surface area (TPSA) is 57.2 Å². The third kappa shape index (κ3) is 3.79. The minimum Gasteiger partial charge on any atom is -0.772 e. The number of alkyl halides is 3. The number of hydrogen-bond acceptors (Lipinski definition) is 3. The summed E-state index contributed by atoms with van der Waals surface area (Å²) in [5.74, 6) is -0.697. The minimum absolute atomic E-state index is 0.246. The highest BCUT2D eigenvalue weighted by atomic mass is 35.5. The molecule has 1 aromatic carbocycles. The van der Waals surface area contributed by atoms with Crippen LogP contribution in [-0.2, 0) is 23.0 Å².